The molecule has 0 aliphatic heterocycles. The van der Waals surface area contributed by atoms with Gasteiger partial charge in [-0.3, -0.25) is 4.57 Å². The van der Waals surface area contributed by atoms with Crippen LogP contribution in [-0.2, 0) is 0 Å². The standard InChI is InChI=1S/C19H12F3N3O3/c20-19(21,22)28-13-6-3-11(4-7-13)25-17(14-8-5-12(26)10-16(14)27)24-15-2-1-9-23-18(15)25/h1-10,26-27H. The zero-order chi connectivity index (χ0) is 19.9. The lowest BCUT2D eigenvalue weighted by atomic mass is 10.1. The van der Waals surface area contributed by atoms with Gasteiger partial charge in [0.25, 0.3) is 0 Å². The zero-order valence-electron chi connectivity index (χ0n) is 14.1. The monoisotopic (exact) mass is 387 g/mol. The molecular formula is C19H12F3N3O3. The summed E-state index contributed by atoms with van der Waals surface area (Å²) in [7, 11) is 0. The summed E-state index contributed by atoms with van der Waals surface area (Å²) in [5.74, 6) is -0.359. The van der Waals surface area contributed by atoms with Gasteiger partial charge in [0.05, 0.1) is 5.56 Å². The van der Waals surface area contributed by atoms with E-state index in [0.717, 1.165) is 0 Å². The maximum Gasteiger partial charge on any atom is 0.573 e. The number of aromatic nitrogens is 3. The van der Waals surface area contributed by atoms with Crippen molar-refractivity contribution in [3.8, 4) is 34.3 Å². The maximum absolute atomic E-state index is 12.4. The van der Waals surface area contributed by atoms with Crippen LogP contribution < -0.4 is 4.74 Å². The van der Waals surface area contributed by atoms with Crippen LogP contribution in [0.1, 0.15) is 0 Å². The van der Waals surface area contributed by atoms with Crippen LogP contribution in [0, 0.1) is 0 Å². The molecule has 0 bridgehead atoms. The highest BCUT2D eigenvalue weighted by atomic mass is 19.4. The molecule has 0 saturated heterocycles. The Morgan fingerprint density at radius 2 is 1.71 bits per heavy atom. The van der Waals surface area contributed by atoms with E-state index in [2.05, 4.69) is 14.7 Å². The number of halogens is 3. The van der Waals surface area contributed by atoms with Gasteiger partial charge in [-0.05, 0) is 48.5 Å². The Morgan fingerprint density at radius 3 is 2.39 bits per heavy atom. The average Bonchev–Trinajstić information content (AvgIpc) is 3.00. The molecule has 4 aromatic rings. The van der Waals surface area contributed by atoms with Crippen molar-refractivity contribution in [2.75, 3.05) is 0 Å². The van der Waals surface area contributed by atoms with Gasteiger partial charge in [0.1, 0.15) is 22.8 Å². The summed E-state index contributed by atoms with van der Waals surface area (Å²) in [6, 6.07) is 12.7. The van der Waals surface area contributed by atoms with Crippen LogP contribution in [0.3, 0.4) is 0 Å². The number of fused-ring (bicyclic) bond motifs is 1. The molecule has 0 aliphatic rings. The molecule has 0 unspecified atom stereocenters. The number of rotatable bonds is 3. The third-order valence-electron chi connectivity index (χ3n) is 3.97. The lowest BCUT2D eigenvalue weighted by Crippen LogP contribution is -2.17. The number of nitrogens with zero attached hydrogens (tertiary/aromatic N) is 3. The van der Waals surface area contributed by atoms with Crippen LogP contribution in [0.25, 0.3) is 28.2 Å². The molecule has 0 radical (unpaired) electrons. The van der Waals surface area contributed by atoms with Crippen LogP contribution in [-0.4, -0.2) is 31.1 Å². The highest BCUT2D eigenvalue weighted by molar-refractivity contribution is 5.81. The van der Waals surface area contributed by atoms with Crippen LogP contribution in [0.15, 0.2) is 60.8 Å². The SMILES string of the molecule is Oc1ccc(-c2nc3cccnc3n2-c2ccc(OC(F)(F)F)cc2)c(O)c1. The fourth-order valence-corrected chi connectivity index (χ4v) is 2.84. The number of imidazole rings is 1. The first-order chi connectivity index (χ1) is 13.3. The first-order valence-corrected chi connectivity index (χ1v) is 8.04. The normalized spacial score (nSPS) is 11.7. The second kappa shape index (κ2) is 6.45. The predicted molar refractivity (Wildman–Crippen MR) is 94.3 cm³/mol. The molecule has 2 aromatic carbocycles. The summed E-state index contributed by atoms with van der Waals surface area (Å²) in [6.07, 6.45) is -3.23. The van der Waals surface area contributed by atoms with Crippen molar-refractivity contribution in [3.63, 3.8) is 0 Å². The van der Waals surface area contributed by atoms with E-state index in [1.807, 2.05) is 0 Å². The van der Waals surface area contributed by atoms with Gasteiger partial charge in [-0.1, -0.05) is 0 Å². The Bertz CT molecular complexity index is 1150. The minimum absolute atomic E-state index is 0.115. The fraction of sp³-hybridized carbons (Fsp3) is 0.0526. The minimum atomic E-state index is -4.78. The second-order valence-corrected chi connectivity index (χ2v) is 5.86. The van der Waals surface area contributed by atoms with Crippen molar-refractivity contribution in [3.05, 3.63) is 60.8 Å². The molecule has 0 aliphatic carbocycles. The lowest BCUT2D eigenvalue weighted by molar-refractivity contribution is -0.274. The van der Waals surface area contributed by atoms with Crippen molar-refractivity contribution < 1.29 is 28.1 Å². The van der Waals surface area contributed by atoms with Crippen molar-refractivity contribution in [2.24, 2.45) is 0 Å². The van der Waals surface area contributed by atoms with E-state index < -0.39 is 6.36 Å². The van der Waals surface area contributed by atoms with E-state index in [9.17, 15) is 23.4 Å². The van der Waals surface area contributed by atoms with Crippen LogP contribution >= 0.6 is 0 Å². The van der Waals surface area contributed by atoms with Gasteiger partial charge in [-0.2, -0.15) is 0 Å². The van der Waals surface area contributed by atoms with Crippen LogP contribution in [0.4, 0.5) is 13.2 Å². The van der Waals surface area contributed by atoms with Gasteiger partial charge in [-0.25, -0.2) is 9.97 Å². The van der Waals surface area contributed by atoms with E-state index in [1.165, 1.54) is 42.5 Å². The Hall–Kier alpha value is -3.75. The molecule has 0 amide bonds. The zero-order valence-corrected chi connectivity index (χ0v) is 14.1. The van der Waals surface area contributed by atoms with Crippen molar-refractivity contribution in [2.45, 2.75) is 6.36 Å². The molecule has 0 fully saturated rings. The molecule has 9 heteroatoms. The van der Waals surface area contributed by atoms with Crippen molar-refractivity contribution >= 4 is 11.2 Å². The van der Waals surface area contributed by atoms with E-state index in [1.54, 1.807) is 22.9 Å². The highest BCUT2D eigenvalue weighted by Gasteiger charge is 2.31. The number of benzene rings is 2. The van der Waals surface area contributed by atoms with E-state index in [-0.39, 0.29) is 17.2 Å². The molecule has 0 saturated carbocycles. The van der Waals surface area contributed by atoms with E-state index in [4.69, 9.17) is 0 Å². The maximum atomic E-state index is 12.4. The van der Waals surface area contributed by atoms with Gasteiger partial charge >= 0.3 is 6.36 Å². The van der Waals surface area contributed by atoms with Crippen molar-refractivity contribution in [1.29, 1.82) is 0 Å². The van der Waals surface area contributed by atoms with E-state index in [0.29, 0.717) is 28.2 Å². The Labute approximate surface area is 156 Å². The van der Waals surface area contributed by atoms with E-state index >= 15 is 0 Å². The quantitative estimate of drug-likeness (QED) is 0.545. The number of pyridine rings is 1. The Balaban J connectivity index is 1.88. The summed E-state index contributed by atoms with van der Waals surface area (Å²) < 4.78 is 42.7. The number of hydrogen-bond acceptors (Lipinski definition) is 5. The number of hydrogen-bond donors (Lipinski definition) is 2. The summed E-state index contributed by atoms with van der Waals surface area (Å²) in [5, 5.41) is 19.8. The third-order valence-corrected chi connectivity index (χ3v) is 3.97. The molecule has 6 nitrogen and oxygen atoms in total. The molecule has 2 heterocycles. The topological polar surface area (TPSA) is 80.4 Å². The lowest BCUT2D eigenvalue weighted by Gasteiger charge is -2.12. The van der Waals surface area contributed by atoms with Gasteiger partial charge in [0.15, 0.2) is 11.5 Å². The number of phenols is 2. The molecule has 28 heavy (non-hydrogen) atoms. The predicted octanol–water partition coefficient (Wildman–Crippen LogP) is 4.40. The molecular weight excluding hydrogens is 375 g/mol. The Morgan fingerprint density at radius 1 is 0.964 bits per heavy atom. The third kappa shape index (κ3) is 3.29. The number of phenolic OH excluding ortho intramolecular Hbond substituents is 2. The first-order valence-electron chi connectivity index (χ1n) is 8.04. The molecule has 0 atom stereocenters. The molecule has 2 N–H and O–H groups in total. The molecule has 2 aromatic heterocycles. The summed E-state index contributed by atoms with van der Waals surface area (Å²) in [4.78, 5) is 8.77. The van der Waals surface area contributed by atoms with Crippen LogP contribution in [0.5, 0.6) is 17.2 Å². The number of alkyl halides is 3. The van der Waals surface area contributed by atoms with Crippen LogP contribution in [0.2, 0.25) is 0 Å². The number of aromatic hydroxyl groups is 2. The molecule has 4 rings (SSSR count). The average molecular weight is 387 g/mol. The molecule has 142 valence electrons. The minimum Gasteiger partial charge on any atom is -0.508 e. The smallest absolute Gasteiger partial charge is 0.508 e. The second-order valence-electron chi connectivity index (χ2n) is 5.86. The fourth-order valence-electron chi connectivity index (χ4n) is 2.84. The summed E-state index contributed by atoms with van der Waals surface area (Å²) in [6.45, 7) is 0. The number of ether oxygens (including phenoxy) is 1. The van der Waals surface area contributed by atoms with Crippen molar-refractivity contribution in [1.82, 2.24) is 14.5 Å². The molecule has 0 spiro atoms. The van der Waals surface area contributed by atoms with Gasteiger partial charge in [-0.15, -0.1) is 13.2 Å². The summed E-state index contributed by atoms with van der Waals surface area (Å²) >= 11 is 0. The van der Waals surface area contributed by atoms with Gasteiger partial charge < -0.3 is 14.9 Å². The van der Waals surface area contributed by atoms with Gasteiger partial charge in [0.2, 0.25) is 0 Å². The Kier molecular flexibility index (Phi) is 4.07. The summed E-state index contributed by atoms with van der Waals surface area (Å²) in [5.41, 5.74) is 1.78. The largest absolute Gasteiger partial charge is 0.573 e. The van der Waals surface area contributed by atoms with Gasteiger partial charge in [0, 0.05) is 18.0 Å². The first kappa shape index (κ1) is 17.7. The highest BCUT2D eigenvalue weighted by Crippen LogP contribution is 2.35.